The lowest BCUT2D eigenvalue weighted by molar-refractivity contribution is 0.566. The van der Waals surface area contributed by atoms with Crippen molar-refractivity contribution < 1.29 is 0 Å². The van der Waals surface area contributed by atoms with E-state index in [9.17, 15) is 0 Å². The smallest absolute Gasteiger partial charge is 0.0133 e. The van der Waals surface area contributed by atoms with Gasteiger partial charge in [0.25, 0.3) is 0 Å². The van der Waals surface area contributed by atoms with Crippen molar-refractivity contribution >= 4 is 25.3 Å². The predicted molar refractivity (Wildman–Crippen MR) is 73.3 cm³/mol. The number of rotatable bonds is 11. The quantitative estimate of drug-likeness (QED) is 0.368. The molecule has 0 saturated carbocycles. The van der Waals surface area contributed by atoms with Gasteiger partial charge in [-0.3, -0.25) is 0 Å². The maximum absolute atomic E-state index is 4.20. The molecule has 14 heavy (non-hydrogen) atoms. The first-order valence-electron chi connectivity index (χ1n) is 5.98. The number of hydrogen-bond donors (Lipinski definition) is 2. The van der Waals surface area contributed by atoms with Gasteiger partial charge >= 0.3 is 0 Å². The van der Waals surface area contributed by atoms with E-state index in [1.54, 1.807) is 0 Å². The minimum absolute atomic E-state index is 1.06. The molecule has 0 aromatic rings. The minimum Gasteiger partial charge on any atom is -0.179 e. The molecule has 85 valence electrons. The molecule has 0 aromatic carbocycles. The summed E-state index contributed by atoms with van der Waals surface area (Å²) in [6, 6.07) is 0. The van der Waals surface area contributed by atoms with E-state index in [2.05, 4.69) is 25.3 Å². The zero-order valence-electron chi connectivity index (χ0n) is 9.25. The molecular formula is C12H25S2. The van der Waals surface area contributed by atoms with E-state index in [0.717, 1.165) is 5.75 Å². The SMILES string of the molecule is S[CH]CCCCCCCCCCCS. The second kappa shape index (κ2) is 13.7. The molecule has 0 heterocycles. The standard InChI is InChI=1S/C12H25S2/c13-11-9-7-5-3-1-2-4-6-8-10-12-14/h11,13-14H,1-10,12H2. The van der Waals surface area contributed by atoms with Gasteiger partial charge in [0.2, 0.25) is 0 Å². The monoisotopic (exact) mass is 233 g/mol. The Morgan fingerprint density at radius 3 is 1.50 bits per heavy atom. The summed E-state index contributed by atoms with van der Waals surface area (Å²) < 4.78 is 0. The van der Waals surface area contributed by atoms with Gasteiger partial charge in [0.15, 0.2) is 0 Å². The summed E-state index contributed by atoms with van der Waals surface area (Å²) in [5.41, 5.74) is 0. The average Bonchev–Trinajstić information content (AvgIpc) is 2.21. The van der Waals surface area contributed by atoms with Gasteiger partial charge in [-0.15, -0.1) is 0 Å². The first kappa shape index (κ1) is 14.7. The molecule has 0 rings (SSSR count). The molecule has 0 atom stereocenters. The maximum Gasteiger partial charge on any atom is 0.0133 e. The Kier molecular flexibility index (Phi) is 14.4. The number of hydrogen-bond acceptors (Lipinski definition) is 2. The maximum atomic E-state index is 4.20. The van der Waals surface area contributed by atoms with Crippen molar-refractivity contribution in [3.63, 3.8) is 0 Å². The molecule has 0 bridgehead atoms. The van der Waals surface area contributed by atoms with Crippen LogP contribution in [0.5, 0.6) is 0 Å². The Morgan fingerprint density at radius 2 is 1.07 bits per heavy atom. The lowest BCUT2D eigenvalue weighted by atomic mass is 10.1. The third-order valence-electron chi connectivity index (χ3n) is 2.49. The van der Waals surface area contributed by atoms with Crippen LogP contribution in [0.4, 0.5) is 0 Å². The molecule has 2 heteroatoms. The lowest BCUT2D eigenvalue weighted by Crippen LogP contribution is -1.82. The average molecular weight is 233 g/mol. The van der Waals surface area contributed by atoms with Crippen molar-refractivity contribution in [3.05, 3.63) is 5.75 Å². The molecule has 0 aliphatic heterocycles. The van der Waals surface area contributed by atoms with Gasteiger partial charge in [0, 0.05) is 5.75 Å². The highest BCUT2D eigenvalue weighted by Gasteiger charge is 1.91. The van der Waals surface area contributed by atoms with Crippen molar-refractivity contribution in [3.8, 4) is 0 Å². The molecule has 0 aromatic heterocycles. The third-order valence-corrected chi connectivity index (χ3v) is 3.07. The summed E-state index contributed by atoms with van der Waals surface area (Å²) in [6.45, 7) is 0. The van der Waals surface area contributed by atoms with Gasteiger partial charge < -0.3 is 0 Å². The summed E-state index contributed by atoms with van der Waals surface area (Å²) in [7, 11) is 0. The van der Waals surface area contributed by atoms with Crippen molar-refractivity contribution in [1.29, 1.82) is 0 Å². The molecule has 0 fully saturated rings. The molecular weight excluding hydrogens is 208 g/mol. The molecule has 0 saturated heterocycles. The van der Waals surface area contributed by atoms with Gasteiger partial charge in [-0.05, 0) is 18.6 Å². The fourth-order valence-electron chi connectivity index (χ4n) is 1.58. The first-order chi connectivity index (χ1) is 6.91. The number of thiol groups is 2. The van der Waals surface area contributed by atoms with E-state index >= 15 is 0 Å². The van der Waals surface area contributed by atoms with Crippen LogP contribution in [0.15, 0.2) is 0 Å². The first-order valence-corrected chi connectivity index (χ1v) is 7.13. The fraction of sp³-hybridized carbons (Fsp3) is 0.917. The zero-order valence-corrected chi connectivity index (χ0v) is 11.0. The number of unbranched alkanes of at least 4 members (excludes halogenated alkanes) is 9. The largest absolute Gasteiger partial charge is 0.179 e. The Balaban J connectivity index is 2.78. The van der Waals surface area contributed by atoms with E-state index in [4.69, 9.17) is 0 Å². The molecule has 1 radical (unpaired) electrons. The van der Waals surface area contributed by atoms with Crippen LogP contribution in [0, 0.1) is 5.75 Å². The molecule has 0 N–H and O–H groups in total. The summed E-state index contributed by atoms with van der Waals surface area (Å²) in [6.07, 6.45) is 13.6. The van der Waals surface area contributed by atoms with Gasteiger partial charge in [-0.25, -0.2) is 0 Å². The van der Waals surface area contributed by atoms with Gasteiger partial charge in [0.1, 0.15) is 0 Å². The second-order valence-electron chi connectivity index (χ2n) is 3.88. The summed E-state index contributed by atoms with van der Waals surface area (Å²) in [5.74, 6) is 3.03. The summed E-state index contributed by atoms with van der Waals surface area (Å²) >= 11 is 8.28. The van der Waals surface area contributed by atoms with E-state index in [1.165, 1.54) is 64.2 Å². The topological polar surface area (TPSA) is 0 Å². The van der Waals surface area contributed by atoms with Crippen LogP contribution in [0.25, 0.3) is 0 Å². The van der Waals surface area contributed by atoms with Crippen LogP contribution in [0.1, 0.15) is 64.2 Å². The lowest BCUT2D eigenvalue weighted by Gasteiger charge is -2.01. The van der Waals surface area contributed by atoms with E-state index < -0.39 is 0 Å². The third kappa shape index (κ3) is 12.7. The van der Waals surface area contributed by atoms with Gasteiger partial charge in [-0.1, -0.05) is 51.4 Å². The highest BCUT2D eigenvalue weighted by Crippen LogP contribution is 2.11. The summed E-state index contributed by atoms with van der Waals surface area (Å²) in [4.78, 5) is 0. The van der Waals surface area contributed by atoms with Crippen molar-refractivity contribution in [1.82, 2.24) is 0 Å². The Morgan fingerprint density at radius 1 is 0.643 bits per heavy atom. The normalized spacial score (nSPS) is 10.7. The molecule has 0 unspecified atom stereocenters. The highest BCUT2D eigenvalue weighted by atomic mass is 32.1. The van der Waals surface area contributed by atoms with Crippen LogP contribution < -0.4 is 0 Å². The minimum atomic E-state index is 1.06. The second-order valence-corrected chi connectivity index (χ2v) is 4.69. The van der Waals surface area contributed by atoms with Gasteiger partial charge in [-0.2, -0.15) is 25.3 Å². The Labute approximate surface area is 101 Å². The molecule has 0 aliphatic carbocycles. The van der Waals surface area contributed by atoms with E-state index in [-0.39, 0.29) is 0 Å². The van der Waals surface area contributed by atoms with Crippen LogP contribution in [-0.4, -0.2) is 5.75 Å². The Bertz CT molecular complexity index is 82.3. The molecule has 0 spiro atoms. The van der Waals surface area contributed by atoms with Crippen molar-refractivity contribution in [2.24, 2.45) is 0 Å². The predicted octanol–water partition coefficient (Wildman–Crippen LogP) is 4.91. The summed E-state index contributed by atoms with van der Waals surface area (Å²) in [5, 5.41) is 0. The highest BCUT2D eigenvalue weighted by molar-refractivity contribution is 7.82. The Hall–Kier alpha value is 0.700. The van der Waals surface area contributed by atoms with E-state index in [0.29, 0.717) is 0 Å². The van der Waals surface area contributed by atoms with Crippen LogP contribution in [0.3, 0.4) is 0 Å². The van der Waals surface area contributed by atoms with Crippen LogP contribution in [0.2, 0.25) is 0 Å². The fourth-order valence-corrected chi connectivity index (χ4v) is 1.99. The van der Waals surface area contributed by atoms with Crippen LogP contribution >= 0.6 is 25.3 Å². The van der Waals surface area contributed by atoms with Gasteiger partial charge in [0.05, 0.1) is 0 Å². The molecule has 0 aliphatic rings. The van der Waals surface area contributed by atoms with Crippen LogP contribution in [-0.2, 0) is 0 Å². The molecule has 0 amide bonds. The van der Waals surface area contributed by atoms with Crippen molar-refractivity contribution in [2.75, 3.05) is 5.75 Å². The molecule has 0 nitrogen and oxygen atoms in total. The van der Waals surface area contributed by atoms with Crippen molar-refractivity contribution in [2.45, 2.75) is 64.2 Å². The zero-order chi connectivity index (χ0) is 10.5. The van der Waals surface area contributed by atoms with E-state index in [1.807, 2.05) is 5.75 Å².